The lowest BCUT2D eigenvalue weighted by Gasteiger charge is -2.43. The zero-order valence-corrected chi connectivity index (χ0v) is 11.7. The van der Waals surface area contributed by atoms with Crippen LogP contribution in [0.25, 0.3) is 0 Å². The lowest BCUT2D eigenvalue weighted by atomic mass is 9.90. The van der Waals surface area contributed by atoms with Crippen LogP contribution in [0.15, 0.2) is 16.7 Å². The second-order valence-corrected chi connectivity index (χ2v) is 5.68. The summed E-state index contributed by atoms with van der Waals surface area (Å²) in [5.74, 6) is 1.08. The molecular weight excluding hydrogens is 240 g/mol. The summed E-state index contributed by atoms with van der Waals surface area (Å²) in [5, 5.41) is 3.15. The Morgan fingerprint density at radius 1 is 1.37 bits per heavy atom. The summed E-state index contributed by atoms with van der Waals surface area (Å²) in [6.07, 6.45) is 7.48. The third-order valence-electron chi connectivity index (χ3n) is 4.30. The van der Waals surface area contributed by atoms with Crippen molar-refractivity contribution in [3.05, 3.63) is 23.7 Å². The van der Waals surface area contributed by atoms with Crippen LogP contribution in [0.4, 0.5) is 0 Å². The number of morpholine rings is 1. The smallest absolute Gasteiger partial charge is 0.118 e. The van der Waals surface area contributed by atoms with Gasteiger partial charge in [0.05, 0.1) is 25.5 Å². The van der Waals surface area contributed by atoms with Gasteiger partial charge in [0, 0.05) is 24.7 Å². The number of furan rings is 1. The van der Waals surface area contributed by atoms with Gasteiger partial charge in [0.2, 0.25) is 0 Å². The average Bonchev–Trinajstić information content (AvgIpc) is 2.87. The Bertz CT molecular complexity index is 403. The number of hydrogen-bond donors (Lipinski definition) is 1. The molecule has 4 nitrogen and oxygen atoms in total. The quantitative estimate of drug-likeness (QED) is 0.904. The molecule has 4 heteroatoms. The SMILES string of the molecule is CNCc1coc(CN2CCOC3CCCCC32)c1. The number of fused-ring (bicyclic) bond motifs is 1. The Kier molecular flexibility index (Phi) is 4.21. The van der Waals surface area contributed by atoms with Crippen molar-refractivity contribution in [2.45, 2.75) is 50.9 Å². The molecule has 2 aliphatic rings. The number of hydrogen-bond acceptors (Lipinski definition) is 4. The molecule has 2 heterocycles. The second-order valence-electron chi connectivity index (χ2n) is 5.68. The average molecular weight is 264 g/mol. The van der Waals surface area contributed by atoms with Crippen LogP contribution in [0.3, 0.4) is 0 Å². The first kappa shape index (κ1) is 13.2. The fourth-order valence-electron chi connectivity index (χ4n) is 3.38. The minimum absolute atomic E-state index is 0.453. The highest BCUT2D eigenvalue weighted by molar-refractivity contribution is 5.13. The van der Waals surface area contributed by atoms with Crippen LogP contribution in [0, 0.1) is 0 Å². The molecule has 106 valence electrons. The molecule has 1 aromatic rings. The summed E-state index contributed by atoms with van der Waals surface area (Å²) in [6.45, 7) is 3.70. The first-order chi connectivity index (χ1) is 9.36. The van der Waals surface area contributed by atoms with Gasteiger partial charge in [-0.3, -0.25) is 4.90 Å². The summed E-state index contributed by atoms with van der Waals surface area (Å²) in [5.41, 5.74) is 1.23. The third-order valence-corrected chi connectivity index (χ3v) is 4.30. The Morgan fingerprint density at radius 3 is 3.16 bits per heavy atom. The van der Waals surface area contributed by atoms with E-state index in [1.54, 1.807) is 0 Å². The van der Waals surface area contributed by atoms with Gasteiger partial charge < -0.3 is 14.5 Å². The van der Waals surface area contributed by atoms with Crippen LogP contribution < -0.4 is 5.32 Å². The molecule has 0 radical (unpaired) electrons. The van der Waals surface area contributed by atoms with E-state index in [-0.39, 0.29) is 0 Å². The van der Waals surface area contributed by atoms with Crippen molar-refractivity contribution in [3.8, 4) is 0 Å². The van der Waals surface area contributed by atoms with E-state index < -0.39 is 0 Å². The Hall–Kier alpha value is -0.840. The van der Waals surface area contributed by atoms with E-state index in [2.05, 4.69) is 16.3 Å². The fraction of sp³-hybridized carbons (Fsp3) is 0.733. The normalized spacial score (nSPS) is 28.3. The Morgan fingerprint density at radius 2 is 2.26 bits per heavy atom. The van der Waals surface area contributed by atoms with E-state index in [9.17, 15) is 0 Å². The Balaban J connectivity index is 1.63. The summed E-state index contributed by atoms with van der Waals surface area (Å²) in [4.78, 5) is 2.55. The van der Waals surface area contributed by atoms with Crippen LogP contribution in [0.2, 0.25) is 0 Å². The molecule has 2 atom stereocenters. The molecule has 0 amide bonds. The molecule has 3 rings (SSSR count). The molecule has 1 aromatic heterocycles. The molecule has 19 heavy (non-hydrogen) atoms. The van der Waals surface area contributed by atoms with Crippen molar-refractivity contribution in [2.24, 2.45) is 0 Å². The van der Waals surface area contributed by atoms with Gasteiger partial charge >= 0.3 is 0 Å². The molecule has 2 fully saturated rings. The molecule has 0 spiro atoms. The summed E-state index contributed by atoms with van der Waals surface area (Å²) >= 11 is 0. The van der Waals surface area contributed by atoms with Crippen LogP contribution in [-0.2, 0) is 17.8 Å². The van der Waals surface area contributed by atoms with Gasteiger partial charge in [-0.1, -0.05) is 12.8 Å². The van der Waals surface area contributed by atoms with Crippen LogP contribution in [0.1, 0.15) is 37.0 Å². The fourth-order valence-corrected chi connectivity index (χ4v) is 3.38. The zero-order valence-electron chi connectivity index (χ0n) is 11.7. The molecule has 1 saturated heterocycles. The molecule has 1 saturated carbocycles. The lowest BCUT2D eigenvalue weighted by Crippen LogP contribution is -2.52. The van der Waals surface area contributed by atoms with Crippen LogP contribution in [-0.4, -0.2) is 37.2 Å². The van der Waals surface area contributed by atoms with Gasteiger partial charge in [0.1, 0.15) is 5.76 Å². The van der Waals surface area contributed by atoms with Crippen molar-refractivity contribution in [1.29, 1.82) is 0 Å². The number of nitrogens with zero attached hydrogens (tertiary/aromatic N) is 1. The standard InChI is InChI=1S/C15H24N2O2/c1-16-9-12-8-13(19-11-12)10-17-6-7-18-15-5-3-2-4-14(15)17/h8,11,14-16H,2-7,9-10H2,1H3. The minimum atomic E-state index is 0.453. The molecule has 1 aliphatic heterocycles. The van der Waals surface area contributed by atoms with Crippen LogP contribution in [0.5, 0.6) is 0 Å². The van der Waals surface area contributed by atoms with Gasteiger partial charge in [-0.2, -0.15) is 0 Å². The molecular formula is C15H24N2O2. The summed E-state index contributed by atoms with van der Waals surface area (Å²) in [6, 6.07) is 2.77. The van der Waals surface area contributed by atoms with E-state index in [1.807, 2.05) is 13.3 Å². The van der Waals surface area contributed by atoms with Crippen molar-refractivity contribution < 1.29 is 9.15 Å². The number of rotatable bonds is 4. The van der Waals surface area contributed by atoms with Gasteiger partial charge in [0.25, 0.3) is 0 Å². The summed E-state index contributed by atoms with van der Waals surface area (Å²) in [7, 11) is 1.96. The van der Waals surface area contributed by atoms with E-state index >= 15 is 0 Å². The van der Waals surface area contributed by atoms with Crippen molar-refractivity contribution in [3.63, 3.8) is 0 Å². The van der Waals surface area contributed by atoms with Crippen molar-refractivity contribution >= 4 is 0 Å². The van der Waals surface area contributed by atoms with Gasteiger partial charge in [-0.25, -0.2) is 0 Å². The highest BCUT2D eigenvalue weighted by Gasteiger charge is 2.34. The molecule has 1 aliphatic carbocycles. The number of ether oxygens (including phenoxy) is 1. The van der Waals surface area contributed by atoms with E-state index in [4.69, 9.17) is 9.15 Å². The molecule has 1 N–H and O–H groups in total. The first-order valence-corrected chi connectivity index (χ1v) is 7.43. The van der Waals surface area contributed by atoms with Gasteiger partial charge in [-0.15, -0.1) is 0 Å². The maximum Gasteiger partial charge on any atom is 0.118 e. The topological polar surface area (TPSA) is 37.6 Å². The van der Waals surface area contributed by atoms with Gasteiger partial charge in [-0.05, 0) is 26.0 Å². The predicted octanol–water partition coefficient (Wildman–Crippen LogP) is 2.14. The molecule has 2 unspecified atom stereocenters. The summed E-state index contributed by atoms with van der Waals surface area (Å²) < 4.78 is 11.6. The Labute approximate surface area is 115 Å². The largest absolute Gasteiger partial charge is 0.468 e. The predicted molar refractivity (Wildman–Crippen MR) is 73.9 cm³/mol. The maximum absolute atomic E-state index is 5.91. The van der Waals surface area contributed by atoms with E-state index in [0.717, 1.165) is 32.0 Å². The third kappa shape index (κ3) is 3.02. The zero-order chi connectivity index (χ0) is 13.1. The van der Waals surface area contributed by atoms with Crippen molar-refractivity contribution in [1.82, 2.24) is 10.2 Å². The molecule has 0 bridgehead atoms. The maximum atomic E-state index is 5.91. The van der Waals surface area contributed by atoms with Crippen LogP contribution >= 0.6 is 0 Å². The number of nitrogens with one attached hydrogen (secondary N) is 1. The van der Waals surface area contributed by atoms with E-state index in [1.165, 1.54) is 31.2 Å². The highest BCUT2D eigenvalue weighted by atomic mass is 16.5. The second kappa shape index (κ2) is 6.07. The van der Waals surface area contributed by atoms with Gasteiger partial charge in [0.15, 0.2) is 0 Å². The first-order valence-electron chi connectivity index (χ1n) is 7.43. The monoisotopic (exact) mass is 264 g/mol. The highest BCUT2D eigenvalue weighted by Crippen LogP contribution is 2.29. The minimum Gasteiger partial charge on any atom is -0.468 e. The molecule has 0 aromatic carbocycles. The van der Waals surface area contributed by atoms with E-state index in [0.29, 0.717) is 12.1 Å². The lowest BCUT2D eigenvalue weighted by molar-refractivity contribution is -0.0926. The van der Waals surface area contributed by atoms with Crippen molar-refractivity contribution in [2.75, 3.05) is 20.2 Å².